The maximum atomic E-state index is 0. The molecule has 0 heterocycles. The van der Waals surface area contributed by atoms with Crippen LogP contribution in [0.3, 0.4) is 0 Å². The molecule has 0 bridgehead atoms. The fraction of sp³-hybridized carbons (Fsp3) is 0. The van der Waals surface area contributed by atoms with Crippen LogP contribution in [0.4, 0.5) is 0 Å². The van der Waals surface area contributed by atoms with Crippen LogP contribution in [0.5, 0.6) is 0 Å². The molecule has 4 heavy (non-hydrogen) atoms. The molecule has 1 radical (unpaired) electrons. The Morgan fingerprint density at radius 3 is 0.500 bits per heavy atom. The Balaban J connectivity index is 0. The normalized spacial score (nSPS) is 0. The molecule has 0 aliphatic carbocycles. The van der Waals surface area contributed by atoms with Crippen molar-refractivity contribution < 1.29 is 59.6 Å². The molecule has 35 valence electrons. The van der Waals surface area contributed by atoms with Crippen molar-refractivity contribution >= 4 is 0 Å². The fourth-order valence-electron chi connectivity index (χ4n) is 0. The molecule has 0 spiro atoms. The van der Waals surface area contributed by atoms with E-state index in [4.69, 9.17) is 0 Å². The molecule has 0 aromatic heterocycles. The van der Waals surface area contributed by atoms with Gasteiger partial charge in [-0.1, -0.05) is 0 Å². The third-order valence-corrected chi connectivity index (χ3v) is 0. The standard InChI is InChI=1S/Au.3ClH/h;3*1H/p-3. The van der Waals surface area contributed by atoms with E-state index in [1.54, 1.807) is 0 Å². The second-order valence-electron chi connectivity index (χ2n) is 0. The summed E-state index contributed by atoms with van der Waals surface area (Å²) in [4.78, 5) is 0. The van der Waals surface area contributed by atoms with Gasteiger partial charge in [-0.25, -0.2) is 0 Å². The number of hydrogen-bond donors (Lipinski definition) is 0. The molecule has 0 N–H and O–H groups in total. The van der Waals surface area contributed by atoms with Crippen molar-refractivity contribution in [3.8, 4) is 0 Å². The van der Waals surface area contributed by atoms with Crippen LogP contribution in [-0.2, 0) is 22.4 Å². The second kappa shape index (κ2) is 23.2. The Morgan fingerprint density at radius 2 is 0.500 bits per heavy atom. The summed E-state index contributed by atoms with van der Waals surface area (Å²) in [5, 5.41) is 0. The summed E-state index contributed by atoms with van der Waals surface area (Å²) in [7, 11) is 0. The first-order valence-corrected chi connectivity index (χ1v) is 0. The number of rotatable bonds is 0. The van der Waals surface area contributed by atoms with Crippen molar-refractivity contribution in [1.82, 2.24) is 0 Å². The molecule has 0 fully saturated rings. The van der Waals surface area contributed by atoms with Crippen LogP contribution in [-0.4, -0.2) is 0 Å². The van der Waals surface area contributed by atoms with Gasteiger partial charge in [-0.2, -0.15) is 0 Å². The van der Waals surface area contributed by atoms with Crippen molar-refractivity contribution in [3.63, 3.8) is 0 Å². The van der Waals surface area contributed by atoms with Gasteiger partial charge in [0, 0.05) is 22.4 Å². The zero-order chi connectivity index (χ0) is 0. The van der Waals surface area contributed by atoms with Gasteiger partial charge < -0.3 is 37.2 Å². The van der Waals surface area contributed by atoms with E-state index in [0.29, 0.717) is 0 Å². The Bertz CT molecular complexity index is 3.25. The van der Waals surface area contributed by atoms with Gasteiger partial charge in [0.25, 0.3) is 0 Å². The maximum Gasteiger partial charge on any atom is 0 e. The molecule has 0 atom stereocenters. The Labute approximate surface area is 59.5 Å². The van der Waals surface area contributed by atoms with Gasteiger partial charge in [-0.3, -0.25) is 0 Å². The van der Waals surface area contributed by atoms with E-state index in [1.165, 1.54) is 0 Å². The van der Waals surface area contributed by atoms with Gasteiger partial charge >= 0.3 is 0 Å². The first-order valence-electron chi connectivity index (χ1n) is 0. The predicted octanol–water partition coefficient (Wildman–Crippen LogP) is -8.99. The smallest absolute Gasteiger partial charge is 0 e. The van der Waals surface area contributed by atoms with Crippen molar-refractivity contribution in [1.29, 1.82) is 0 Å². The maximum absolute atomic E-state index is 0. The fourth-order valence-corrected chi connectivity index (χ4v) is 0. The monoisotopic (exact) mass is 302 g/mol. The quantitative estimate of drug-likeness (QED) is 0.390. The minimum atomic E-state index is 0. The average Bonchev–Trinajstić information content (AvgIpc) is 0. The first kappa shape index (κ1) is 46.0. The van der Waals surface area contributed by atoms with E-state index in [0.717, 1.165) is 0 Å². The summed E-state index contributed by atoms with van der Waals surface area (Å²) < 4.78 is 0. The molecule has 0 nitrogen and oxygen atoms in total. The third kappa shape index (κ3) is 9.49. The van der Waals surface area contributed by atoms with Crippen LogP contribution < -0.4 is 37.2 Å². The van der Waals surface area contributed by atoms with Gasteiger partial charge in [0.2, 0.25) is 0 Å². The van der Waals surface area contributed by atoms with E-state index in [9.17, 15) is 0 Å². The van der Waals surface area contributed by atoms with Gasteiger partial charge in [0.15, 0.2) is 0 Å². The SMILES string of the molecule is [Au].[Cl-].[Cl-].[Cl-]. The Kier molecular flexibility index (Phi) is 266. The first-order chi connectivity index (χ1) is 0. The van der Waals surface area contributed by atoms with Gasteiger partial charge in [-0.15, -0.1) is 0 Å². The molecular formula is AuCl3-3. The van der Waals surface area contributed by atoms with E-state index in [-0.39, 0.29) is 59.6 Å². The van der Waals surface area contributed by atoms with Crippen LogP contribution >= 0.6 is 0 Å². The van der Waals surface area contributed by atoms with Crippen LogP contribution in [0.15, 0.2) is 0 Å². The molecule has 0 aliphatic rings. The second-order valence-corrected chi connectivity index (χ2v) is 0. The number of hydrogen-bond acceptors (Lipinski definition) is 0. The molecule has 0 aromatic carbocycles. The third-order valence-electron chi connectivity index (χ3n) is 0. The Hall–Kier alpha value is 1.61. The van der Waals surface area contributed by atoms with E-state index in [1.807, 2.05) is 0 Å². The van der Waals surface area contributed by atoms with Crippen molar-refractivity contribution in [2.24, 2.45) is 0 Å². The molecule has 0 amide bonds. The molecule has 4 heteroatoms. The van der Waals surface area contributed by atoms with Crippen LogP contribution in [0, 0.1) is 0 Å². The van der Waals surface area contributed by atoms with Gasteiger partial charge in [0.05, 0.1) is 0 Å². The predicted molar refractivity (Wildman–Crippen MR) is 0 cm³/mol. The van der Waals surface area contributed by atoms with E-state index < -0.39 is 0 Å². The minimum absolute atomic E-state index is 0. The summed E-state index contributed by atoms with van der Waals surface area (Å²) in [5.74, 6) is 0. The molecule has 0 aromatic rings. The summed E-state index contributed by atoms with van der Waals surface area (Å²) in [6, 6.07) is 0. The van der Waals surface area contributed by atoms with Gasteiger partial charge in [-0.05, 0) is 0 Å². The molecule has 0 unspecified atom stereocenters. The number of halogens is 3. The average molecular weight is 303 g/mol. The van der Waals surface area contributed by atoms with Crippen molar-refractivity contribution in [2.45, 2.75) is 0 Å². The molecule has 0 aliphatic heterocycles. The topological polar surface area (TPSA) is 0 Å². The Morgan fingerprint density at radius 1 is 0.500 bits per heavy atom. The molecule has 0 rings (SSSR count). The van der Waals surface area contributed by atoms with Crippen LogP contribution in [0.25, 0.3) is 0 Å². The summed E-state index contributed by atoms with van der Waals surface area (Å²) in [6.45, 7) is 0. The molecule has 0 saturated heterocycles. The minimum Gasteiger partial charge on any atom is -1.00 e. The zero-order valence-corrected chi connectivity index (χ0v) is 5.87. The summed E-state index contributed by atoms with van der Waals surface area (Å²) >= 11 is 0. The molecule has 0 saturated carbocycles. The van der Waals surface area contributed by atoms with E-state index in [2.05, 4.69) is 0 Å². The van der Waals surface area contributed by atoms with Gasteiger partial charge in [0.1, 0.15) is 0 Å². The summed E-state index contributed by atoms with van der Waals surface area (Å²) in [5.41, 5.74) is 0. The van der Waals surface area contributed by atoms with Crippen LogP contribution in [0.2, 0.25) is 0 Å². The van der Waals surface area contributed by atoms with Crippen LogP contribution in [0.1, 0.15) is 0 Å². The van der Waals surface area contributed by atoms with E-state index >= 15 is 0 Å². The van der Waals surface area contributed by atoms with Crippen molar-refractivity contribution in [3.05, 3.63) is 0 Å². The molecular weight excluding hydrogens is 303 g/mol. The summed E-state index contributed by atoms with van der Waals surface area (Å²) in [6.07, 6.45) is 0. The zero-order valence-electron chi connectivity index (χ0n) is 1.44. The van der Waals surface area contributed by atoms with Crippen molar-refractivity contribution in [2.75, 3.05) is 0 Å². The largest absolute Gasteiger partial charge is 1.00 e.